The number of benzene rings is 3. The third kappa shape index (κ3) is 2.58. The Morgan fingerprint density at radius 1 is 1.03 bits per heavy atom. The number of non-ortho nitro benzene ring substituents is 1. The van der Waals surface area contributed by atoms with E-state index in [9.17, 15) is 14.9 Å². The Hall–Kier alpha value is -3.74. The summed E-state index contributed by atoms with van der Waals surface area (Å²) in [4.78, 5) is 29.1. The van der Waals surface area contributed by atoms with Crippen LogP contribution in [0.1, 0.15) is 26.2 Å². The Labute approximate surface area is 171 Å². The molecule has 0 aliphatic carbocycles. The summed E-state index contributed by atoms with van der Waals surface area (Å²) in [5, 5.41) is 18.2. The smallest absolute Gasteiger partial charge is 0.295 e. The third-order valence-corrected chi connectivity index (χ3v) is 5.66. The quantitative estimate of drug-likeness (QED) is 0.243. The van der Waals surface area contributed by atoms with Gasteiger partial charge in [-0.05, 0) is 30.7 Å². The average molecular weight is 400 g/mol. The highest BCUT2D eigenvalue weighted by atomic mass is 16.6. The van der Waals surface area contributed by atoms with Crippen molar-refractivity contribution in [1.82, 2.24) is 9.38 Å². The first-order valence-electron chi connectivity index (χ1n) is 10.1. The summed E-state index contributed by atoms with van der Waals surface area (Å²) in [5.74, 6) is 0. The highest BCUT2D eigenvalue weighted by Crippen LogP contribution is 2.35. The van der Waals surface area contributed by atoms with Crippen molar-refractivity contribution < 1.29 is 4.92 Å². The first kappa shape index (κ1) is 18.3. The van der Waals surface area contributed by atoms with Gasteiger partial charge in [0.25, 0.3) is 11.2 Å². The molecule has 2 heterocycles. The maximum Gasteiger partial charge on any atom is 0.295 e. The van der Waals surface area contributed by atoms with Crippen LogP contribution in [0.3, 0.4) is 0 Å². The number of unbranched alkanes of at least 4 members (excludes halogenated alkanes) is 2. The first-order chi connectivity index (χ1) is 14.6. The van der Waals surface area contributed by atoms with Crippen molar-refractivity contribution in [2.24, 2.45) is 0 Å². The summed E-state index contributed by atoms with van der Waals surface area (Å²) < 4.78 is 1.39. The average Bonchev–Trinajstić information content (AvgIpc) is 3.15. The lowest BCUT2D eigenvalue weighted by Gasteiger charge is -2.13. The molecule has 3 aromatic carbocycles. The zero-order valence-electron chi connectivity index (χ0n) is 16.5. The second-order valence-electron chi connectivity index (χ2n) is 7.50. The third-order valence-electron chi connectivity index (χ3n) is 5.66. The van der Waals surface area contributed by atoms with Gasteiger partial charge in [-0.1, -0.05) is 38.0 Å². The minimum atomic E-state index is -0.468. The molecule has 30 heavy (non-hydrogen) atoms. The summed E-state index contributed by atoms with van der Waals surface area (Å²) in [6.45, 7) is 3.04. The maximum absolute atomic E-state index is 13.4. The van der Waals surface area contributed by atoms with Crippen molar-refractivity contribution >= 4 is 49.6 Å². The molecule has 0 saturated carbocycles. The van der Waals surface area contributed by atoms with E-state index in [0.717, 1.165) is 47.7 Å². The normalized spacial score (nSPS) is 11.8. The van der Waals surface area contributed by atoms with E-state index in [0.29, 0.717) is 16.6 Å². The first-order valence-corrected chi connectivity index (χ1v) is 10.1. The van der Waals surface area contributed by atoms with Gasteiger partial charge in [0.15, 0.2) is 5.52 Å². The number of rotatable bonds is 6. The SMILES string of the molecule is CCCCCNc1ccc2c3c1cccc3c(=O)n1c2nc2cccc([N+](=O)[O-])c21. The van der Waals surface area contributed by atoms with Gasteiger partial charge in [0, 0.05) is 39.8 Å². The van der Waals surface area contributed by atoms with Gasteiger partial charge in [0.05, 0.1) is 10.4 Å². The Bertz CT molecular complexity index is 1490. The monoisotopic (exact) mass is 400 g/mol. The molecule has 1 N–H and O–H groups in total. The van der Waals surface area contributed by atoms with Crippen LogP contribution in [-0.2, 0) is 0 Å². The van der Waals surface area contributed by atoms with E-state index < -0.39 is 4.92 Å². The van der Waals surface area contributed by atoms with Crippen LogP contribution in [0.25, 0.3) is 38.2 Å². The molecule has 5 aromatic rings. The summed E-state index contributed by atoms with van der Waals surface area (Å²) in [6, 6.07) is 14.3. The molecule has 0 aliphatic rings. The maximum atomic E-state index is 13.4. The van der Waals surface area contributed by atoms with E-state index >= 15 is 0 Å². The molecule has 0 unspecified atom stereocenters. The fraction of sp³-hybridized carbons (Fsp3) is 0.217. The number of nitrogens with one attached hydrogen (secondary N) is 1. The number of nitro groups is 1. The van der Waals surface area contributed by atoms with Gasteiger partial charge in [-0.25, -0.2) is 4.98 Å². The van der Waals surface area contributed by atoms with Crippen LogP contribution >= 0.6 is 0 Å². The Kier molecular flexibility index (Phi) is 4.24. The van der Waals surface area contributed by atoms with E-state index in [1.165, 1.54) is 10.5 Å². The van der Waals surface area contributed by atoms with Gasteiger partial charge in [-0.2, -0.15) is 0 Å². The number of imidazole rings is 1. The minimum absolute atomic E-state index is 0.121. The van der Waals surface area contributed by atoms with Crippen LogP contribution in [0.15, 0.2) is 53.3 Å². The minimum Gasteiger partial charge on any atom is -0.385 e. The molecule has 2 aromatic heterocycles. The van der Waals surface area contributed by atoms with E-state index in [1.54, 1.807) is 18.2 Å². The van der Waals surface area contributed by atoms with Gasteiger partial charge in [-0.15, -0.1) is 0 Å². The Morgan fingerprint density at radius 3 is 2.63 bits per heavy atom. The van der Waals surface area contributed by atoms with Crippen molar-refractivity contribution in [1.29, 1.82) is 0 Å². The lowest BCUT2D eigenvalue weighted by molar-refractivity contribution is -0.383. The standard InChI is InChI=1S/C23H20N4O3/c1-2-3-4-13-24-17-12-11-15-20-14(17)7-5-8-16(20)23(28)26-21-18(25-22(15)26)9-6-10-19(21)27(29)30/h5-12,24H,2-4,13H2,1H3. The second-order valence-corrected chi connectivity index (χ2v) is 7.50. The zero-order valence-corrected chi connectivity index (χ0v) is 16.5. The van der Waals surface area contributed by atoms with Gasteiger partial charge >= 0.3 is 0 Å². The predicted molar refractivity (Wildman–Crippen MR) is 120 cm³/mol. The molecule has 0 radical (unpaired) electrons. The van der Waals surface area contributed by atoms with E-state index in [4.69, 9.17) is 0 Å². The largest absolute Gasteiger partial charge is 0.385 e. The topological polar surface area (TPSA) is 89.5 Å². The van der Waals surface area contributed by atoms with E-state index in [-0.39, 0.29) is 16.8 Å². The van der Waals surface area contributed by atoms with Crippen molar-refractivity contribution in [3.63, 3.8) is 0 Å². The number of pyridine rings is 1. The van der Waals surface area contributed by atoms with Gasteiger partial charge in [-0.3, -0.25) is 19.3 Å². The number of fused-ring (bicyclic) bond motifs is 4. The molecular formula is C23H20N4O3. The van der Waals surface area contributed by atoms with Crippen molar-refractivity contribution in [3.05, 3.63) is 69.0 Å². The molecule has 5 rings (SSSR count). The molecular weight excluding hydrogens is 380 g/mol. The fourth-order valence-corrected chi connectivity index (χ4v) is 4.28. The zero-order chi connectivity index (χ0) is 20.8. The molecule has 7 nitrogen and oxygen atoms in total. The highest BCUT2D eigenvalue weighted by molar-refractivity contribution is 6.18. The lowest BCUT2D eigenvalue weighted by Crippen LogP contribution is -2.14. The van der Waals surface area contributed by atoms with Crippen LogP contribution in [0, 0.1) is 10.1 Å². The van der Waals surface area contributed by atoms with Crippen LogP contribution in [-0.4, -0.2) is 20.9 Å². The molecule has 0 atom stereocenters. The summed E-state index contributed by atoms with van der Waals surface area (Å²) in [7, 11) is 0. The van der Waals surface area contributed by atoms with Gasteiger partial charge in [0.2, 0.25) is 0 Å². The highest BCUT2D eigenvalue weighted by Gasteiger charge is 2.22. The Balaban J connectivity index is 1.85. The molecule has 0 fully saturated rings. The predicted octanol–water partition coefficient (Wildman–Crippen LogP) is 5.10. The van der Waals surface area contributed by atoms with Crippen LogP contribution in [0.2, 0.25) is 0 Å². The second kappa shape index (κ2) is 6.95. The van der Waals surface area contributed by atoms with Gasteiger partial charge < -0.3 is 5.32 Å². The molecule has 0 bridgehead atoms. The number of hydrogen-bond acceptors (Lipinski definition) is 5. The fourth-order valence-electron chi connectivity index (χ4n) is 4.28. The van der Waals surface area contributed by atoms with Crippen LogP contribution < -0.4 is 10.9 Å². The summed E-state index contributed by atoms with van der Waals surface area (Å²) in [5.41, 5.74) is 1.70. The molecule has 150 valence electrons. The van der Waals surface area contributed by atoms with Crippen molar-refractivity contribution in [2.75, 3.05) is 11.9 Å². The number of nitro benzene ring substituents is 1. The molecule has 0 amide bonds. The number of anilines is 1. The molecule has 0 saturated heterocycles. The molecule has 0 aliphatic heterocycles. The lowest BCUT2D eigenvalue weighted by atomic mass is 10.0. The van der Waals surface area contributed by atoms with Crippen molar-refractivity contribution in [2.45, 2.75) is 26.2 Å². The number of hydrogen-bond donors (Lipinski definition) is 1. The Morgan fingerprint density at radius 2 is 1.83 bits per heavy atom. The summed E-state index contributed by atoms with van der Waals surface area (Å²) in [6.07, 6.45) is 3.40. The molecule has 0 spiro atoms. The number of nitrogens with zero attached hydrogens (tertiary/aromatic N) is 3. The van der Waals surface area contributed by atoms with Crippen LogP contribution in [0.4, 0.5) is 11.4 Å². The number of para-hydroxylation sites is 1. The van der Waals surface area contributed by atoms with Crippen LogP contribution in [0.5, 0.6) is 0 Å². The summed E-state index contributed by atoms with van der Waals surface area (Å²) >= 11 is 0. The van der Waals surface area contributed by atoms with E-state index in [2.05, 4.69) is 17.2 Å². The van der Waals surface area contributed by atoms with E-state index in [1.807, 2.05) is 24.3 Å². The van der Waals surface area contributed by atoms with Gasteiger partial charge in [0.1, 0.15) is 5.65 Å². The number of aromatic nitrogens is 2. The molecule has 7 heteroatoms. The van der Waals surface area contributed by atoms with Crippen molar-refractivity contribution in [3.8, 4) is 0 Å².